The lowest BCUT2D eigenvalue weighted by Gasteiger charge is -2.15. The molecule has 0 spiro atoms. The van der Waals surface area contributed by atoms with Gasteiger partial charge in [-0.2, -0.15) is 5.26 Å². The quantitative estimate of drug-likeness (QED) is 0.859. The number of hydrogen-bond acceptors (Lipinski definition) is 3. The monoisotopic (exact) mass is 250 g/mol. The maximum atomic E-state index is 9.48. The second-order valence-electron chi connectivity index (χ2n) is 4.81. The Morgan fingerprint density at radius 3 is 2.68 bits per heavy atom. The molecular formula is C16H14N2O. The predicted octanol–water partition coefficient (Wildman–Crippen LogP) is 3.36. The molecule has 0 radical (unpaired) electrons. The lowest BCUT2D eigenvalue weighted by molar-refractivity contribution is 0.474. The topological polar surface area (TPSA) is 56.0 Å². The molecule has 0 aliphatic heterocycles. The molecule has 1 aliphatic carbocycles. The van der Waals surface area contributed by atoms with E-state index >= 15 is 0 Å². The Balaban J connectivity index is 1.80. The van der Waals surface area contributed by atoms with Crippen LogP contribution in [-0.4, -0.2) is 5.11 Å². The Bertz CT molecular complexity index is 641. The van der Waals surface area contributed by atoms with Crippen LogP contribution in [0.3, 0.4) is 0 Å². The van der Waals surface area contributed by atoms with Crippen molar-refractivity contribution in [2.45, 2.75) is 18.9 Å². The van der Waals surface area contributed by atoms with E-state index in [0.717, 1.165) is 18.5 Å². The highest BCUT2D eigenvalue weighted by Crippen LogP contribution is 2.35. The fraction of sp³-hybridized carbons (Fsp3) is 0.188. The SMILES string of the molecule is N#Cc1ccc(NC2CCc3cc(O)ccc32)cc1. The van der Waals surface area contributed by atoms with Gasteiger partial charge in [-0.1, -0.05) is 6.07 Å². The summed E-state index contributed by atoms with van der Waals surface area (Å²) in [7, 11) is 0. The molecule has 3 rings (SSSR count). The van der Waals surface area contributed by atoms with Crippen molar-refractivity contribution in [1.29, 1.82) is 5.26 Å². The first kappa shape index (κ1) is 11.6. The number of nitrogens with one attached hydrogen (secondary N) is 1. The summed E-state index contributed by atoms with van der Waals surface area (Å²) >= 11 is 0. The average Bonchev–Trinajstić information content (AvgIpc) is 2.82. The molecule has 0 aromatic heterocycles. The Morgan fingerprint density at radius 2 is 1.95 bits per heavy atom. The van der Waals surface area contributed by atoms with Crippen molar-refractivity contribution in [1.82, 2.24) is 0 Å². The van der Waals surface area contributed by atoms with Crippen molar-refractivity contribution in [2.75, 3.05) is 5.32 Å². The van der Waals surface area contributed by atoms with E-state index in [1.54, 1.807) is 6.07 Å². The van der Waals surface area contributed by atoms with E-state index in [1.165, 1.54) is 11.1 Å². The molecule has 3 heteroatoms. The van der Waals surface area contributed by atoms with Gasteiger partial charge in [-0.05, 0) is 60.4 Å². The second kappa shape index (κ2) is 4.66. The van der Waals surface area contributed by atoms with Crippen LogP contribution in [0.25, 0.3) is 0 Å². The van der Waals surface area contributed by atoms with Gasteiger partial charge in [0, 0.05) is 5.69 Å². The fourth-order valence-corrected chi connectivity index (χ4v) is 2.60. The van der Waals surface area contributed by atoms with Gasteiger partial charge in [0.25, 0.3) is 0 Å². The molecule has 0 saturated heterocycles. The normalized spacial score (nSPS) is 16.7. The number of hydrogen-bond donors (Lipinski definition) is 2. The molecular weight excluding hydrogens is 236 g/mol. The Morgan fingerprint density at radius 1 is 1.16 bits per heavy atom. The largest absolute Gasteiger partial charge is 0.508 e. The summed E-state index contributed by atoms with van der Waals surface area (Å²) in [5.74, 6) is 0.331. The van der Waals surface area contributed by atoms with E-state index in [4.69, 9.17) is 5.26 Å². The summed E-state index contributed by atoms with van der Waals surface area (Å²) in [6.45, 7) is 0. The third kappa shape index (κ3) is 2.25. The zero-order chi connectivity index (χ0) is 13.2. The summed E-state index contributed by atoms with van der Waals surface area (Å²) in [6.07, 6.45) is 2.01. The van der Waals surface area contributed by atoms with Gasteiger partial charge in [-0.3, -0.25) is 0 Å². The first-order chi connectivity index (χ1) is 9.26. The van der Waals surface area contributed by atoms with E-state index in [0.29, 0.717) is 11.3 Å². The van der Waals surface area contributed by atoms with Gasteiger partial charge < -0.3 is 10.4 Å². The van der Waals surface area contributed by atoms with Gasteiger partial charge in [0.15, 0.2) is 0 Å². The van der Waals surface area contributed by atoms with Gasteiger partial charge in [0.05, 0.1) is 17.7 Å². The minimum Gasteiger partial charge on any atom is -0.508 e. The molecule has 0 fully saturated rings. The average molecular weight is 250 g/mol. The first-order valence-corrected chi connectivity index (χ1v) is 6.35. The predicted molar refractivity (Wildman–Crippen MR) is 73.9 cm³/mol. The van der Waals surface area contributed by atoms with Crippen molar-refractivity contribution < 1.29 is 5.11 Å². The number of benzene rings is 2. The van der Waals surface area contributed by atoms with E-state index in [9.17, 15) is 5.11 Å². The summed E-state index contributed by atoms with van der Waals surface area (Å²) in [5.41, 5.74) is 4.15. The smallest absolute Gasteiger partial charge is 0.115 e. The van der Waals surface area contributed by atoms with Crippen LogP contribution in [0.15, 0.2) is 42.5 Å². The molecule has 94 valence electrons. The van der Waals surface area contributed by atoms with Crippen LogP contribution in [0, 0.1) is 11.3 Å². The van der Waals surface area contributed by atoms with E-state index in [-0.39, 0.29) is 6.04 Å². The molecule has 1 atom stereocenters. The number of fused-ring (bicyclic) bond motifs is 1. The molecule has 3 nitrogen and oxygen atoms in total. The van der Waals surface area contributed by atoms with Crippen LogP contribution in [0.1, 0.15) is 29.2 Å². The van der Waals surface area contributed by atoms with Crippen LogP contribution in [0.4, 0.5) is 5.69 Å². The molecule has 2 aromatic carbocycles. The number of aromatic hydroxyl groups is 1. The highest BCUT2D eigenvalue weighted by molar-refractivity contribution is 5.51. The molecule has 0 saturated carbocycles. The molecule has 2 N–H and O–H groups in total. The zero-order valence-corrected chi connectivity index (χ0v) is 10.4. The third-order valence-electron chi connectivity index (χ3n) is 3.56. The molecule has 1 unspecified atom stereocenters. The molecule has 0 amide bonds. The fourth-order valence-electron chi connectivity index (χ4n) is 2.60. The van der Waals surface area contributed by atoms with Gasteiger partial charge in [0.2, 0.25) is 0 Å². The van der Waals surface area contributed by atoms with Crippen LogP contribution in [0.5, 0.6) is 5.75 Å². The van der Waals surface area contributed by atoms with Gasteiger partial charge in [-0.15, -0.1) is 0 Å². The first-order valence-electron chi connectivity index (χ1n) is 6.35. The second-order valence-corrected chi connectivity index (χ2v) is 4.81. The van der Waals surface area contributed by atoms with Gasteiger partial charge in [0.1, 0.15) is 5.75 Å². The molecule has 1 aliphatic rings. The summed E-state index contributed by atoms with van der Waals surface area (Å²) in [4.78, 5) is 0. The van der Waals surface area contributed by atoms with Crippen molar-refractivity contribution in [3.8, 4) is 11.8 Å². The van der Waals surface area contributed by atoms with Crippen molar-refractivity contribution >= 4 is 5.69 Å². The summed E-state index contributed by atoms with van der Waals surface area (Å²) in [5, 5.41) is 21.7. The lowest BCUT2D eigenvalue weighted by atomic mass is 10.1. The highest BCUT2D eigenvalue weighted by Gasteiger charge is 2.22. The highest BCUT2D eigenvalue weighted by atomic mass is 16.3. The standard InChI is InChI=1S/C16H14N2O/c17-10-11-1-4-13(5-2-11)18-16-8-3-12-9-14(19)6-7-15(12)16/h1-2,4-7,9,16,18-19H,3,8H2. The van der Waals surface area contributed by atoms with Crippen LogP contribution in [-0.2, 0) is 6.42 Å². The third-order valence-corrected chi connectivity index (χ3v) is 3.56. The number of nitrogens with zero attached hydrogens (tertiary/aromatic N) is 1. The van der Waals surface area contributed by atoms with Crippen molar-refractivity contribution in [3.05, 3.63) is 59.2 Å². The molecule has 0 bridgehead atoms. The number of rotatable bonds is 2. The van der Waals surface area contributed by atoms with Gasteiger partial charge in [-0.25, -0.2) is 0 Å². The molecule has 0 heterocycles. The number of phenolic OH excluding ortho intramolecular Hbond substituents is 1. The minimum absolute atomic E-state index is 0.281. The van der Waals surface area contributed by atoms with Crippen molar-refractivity contribution in [2.24, 2.45) is 0 Å². The molecule has 19 heavy (non-hydrogen) atoms. The lowest BCUT2D eigenvalue weighted by Crippen LogP contribution is -2.06. The number of nitriles is 1. The number of anilines is 1. The van der Waals surface area contributed by atoms with Crippen LogP contribution in [0.2, 0.25) is 0 Å². The zero-order valence-electron chi connectivity index (χ0n) is 10.4. The maximum absolute atomic E-state index is 9.48. The summed E-state index contributed by atoms with van der Waals surface area (Å²) in [6, 6.07) is 15.4. The Hall–Kier alpha value is -2.47. The number of phenols is 1. The molecule has 2 aromatic rings. The van der Waals surface area contributed by atoms with E-state index in [1.807, 2.05) is 36.4 Å². The van der Waals surface area contributed by atoms with Crippen LogP contribution >= 0.6 is 0 Å². The summed E-state index contributed by atoms with van der Waals surface area (Å²) < 4.78 is 0. The number of aryl methyl sites for hydroxylation is 1. The van der Waals surface area contributed by atoms with E-state index < -0.39 is 0 Å². The van der Waals surface area contributed by atoms with Crippen molar-refractivity contribution in [3.63, 3.8) is 0 Å². The van der Waals surface area contributed by atoms with Gasteiger partial charge >= 0.3 is 0 Å². The Labute approximate surface area is 112 Å². The minimum atomic E-state index is 0.281. The van der Waals surface area contributed by atoms with Crippen LogP contribution < -0.4 is 5.32 Å². The Kier molecular flexibility index (Phi) is 2.85. The maximum Gasteiger partial charge on any atom is 0.115 e. The van der Waals surface area contributed by atoms with E-state index in [2.05, 4.69) is 11.4 Å².